The second-order valence-corrected chi connectivity index (χ2v) is 3.82. The molecule has 0 aliphatic heterocycles. The first-order valence-corrected chi connectivity index (χ1v) is 5.21. The molecular formula is C13H16O. The van der Waals surface area contributed by atoms with Crippen molar-refractivity contribution in [3.63, 3.8) is 0 Å². The van der Waals surface area contributed by atoms with Gasteiger partial charge in [0.25, 0.3) is 0 Å². The fraction of sp³-hybridized carbons (Fsp3) is 0.385. The van der Waals surface area contributed by atoms with Gasteiger partial charge >= 0.3 is 0 Å². The summed E-state index contributed by atoms with van der Waals surface area (Å²) in [5, 5.41) is 0. The molecule has 1 aromatic carbocycles. The Morgan fingerprint density at radius 1 is 1.21 bits per heavy atom. The molecule has 0 radical (unpaired) electrons. The van der Waals surface area contributed by atoms with Crippen molar-refractivity contribution < 1.29 is 4.74 Å². The van der Waals surface area contributed by atoms with Crippen LogP contribution in [0, 0.1) is 5.92 Å². The van der Waals surface area contributed by atoms with E-state index in [1.807, 2.05) is 12.1 Å². The number of rotatable bonds is 3. The van der Waals surface area contributed by atoms with E-state index in [1.165, 1.54) is 24.8 Å². The van der Waals surface area contributed by atoms with Gasteiger partial charge in [0.1, 0.15) is 5.75 Å². The van der Waals surface area contributed by atoms with E-state index < -0.39 is 0 Å². The van der Waals surface area contributed by atoms with E-state index in [9.17, 15) is 0 Å². The van der Waals surface area contributed by atoms with Crippen LogP contribution in [-0.4, -0.2) is 7.11 Å². The lowest BCUT2D eigenvalue weighted by molar-refractivity contribution is 0.389. The van der Waals surface area contributed by atoms with E-state index >= 15 is 0 Å². The fourth-order valence-electron chi connectivity index (χ4n) is 1.59. The van der Waals surface area contributed by atoms with Crippen LogP contribution in [0.15, 0.2) is 30.3 Å². The number of benzene rings is 1. The van der Waals surface area contributed by atoms with Gasteiger partial charge in [-0.1, -0.05) is 30.7 Å². The molecule has 0 aromatic heterocycles. The van der Waals surface area contributed by atoms with Crippen LogP contribution in [0.3, 0.4) is 0 Å². The molecule has 1 saturated carbocycles. The van der Waals surface area contributed by atoms with Crippen LogP contribution in [0.25, 0.3) is 6.08 Å². The molecule has 1 aromatic rings. The van der Waals surface area contributed by atoms with Crippen LogP contribution in [0.1, 0.15) is 24.8 Å². The summed E-state index contributed by atoms with van der Waals surface area (Å²) in [5.41, 5.74) is 1.26. The van der Waals surface area contributed by atoms with E-state index in [4.69, 9.17) is 4.74 Å². The van der Waals surface area contributed by atoms with Gasteiger partial charge in [-0.2, -0.15) is 0 Å². The van der Waals surface area contributed by atoms with Crippen molar-refractivity contribution in [2.24, 2.45) is 5.92 Å². The van der Waals surface area contributed by atoms with E-state index in [-0.39, 0.29) is 0 Å². The first-order valence-electron chi connectivity index (χ1n) is 5.21. The third kappa shape index (κ3) is 2.16. The van der Waals surface area contributed by atoms with Crippen LogP contribution in [-0.2, 0) is 0 Å². The molecule has 1 aliphatic rings. The molecule has 0 heterocycles. The monoisotopic (exact) mass is 188 g/mol. The molecule has 0 bridgehead atoms. The topological polar surface area (TPSA) is 9.23 Å². The molecule has 0 saturated heterocycles. The zero-order chi connectivity index (χ0) is 9.80. The van der Waals surface area contributed by atoms with Gasteiger partial charge in [-0.3, -0.25) is 0 Å². The van der Waals surface area contributed by atoms with Crippen LogP contribution >= 0.6 is 0 Å². The molecule has 14 heavy (non-hydrogen) atoms. The summed E-state index contributed by atoms with van der Waals surface area (Å²) in [6.07, 6.45) is 8.67. The summed E-state index contributed by atoms with van der Waals surface area (Å²) in [6.45, 7) is 0. The Kier molecular flexibility index (Phi) is 2.87. The fourth-order valence-corrected chi connectivity index (χ4v) is 1.59. The second-order valence-electron chi connectivity index (χ2n) is 3.82. The highest BCUT2D eigenvalue weighted by Crippen LogP contribution is 2.28. The van der Waals surface area contributed by atoms with Crippen molar-refractivity contribution in [3.05, 3.63) is 35.9 Å². The summed E-state index contributed by atoms with van der Waals surface area (Å²) in [5.74, 6) is 1.75. The van der Waals surface area contributed by atoms with Gasteiger partial charge in [0.15, 0.2) is 0 Å². The first kappa shape index (κ1) is 9.32. The van der Waals surface area contributed by atoms with E-state index in [0.717, 1.165) is 11.7 Å². The van der Waals surface area contributed by atoms with Gasteiger partial charge in [-0.15, -0.1) is 0 Å². The largest absolute Gasteiger partial charge is 0.497 e. The van der Waals surface area contributed by atoms with Gasteiger partial charge in [0.05, 0.1) is 7.11 Å². The molecule has 74 valence electrons. The normalized spacial score (nSPS) is 16.9. The number of hydrogen-bond donors (Lipinski definition) is 0. The Hall–Kier alpha value is -1.24. The van der Waals surface area contributed by atoms with Gasteiger partial charge in [-0.25, -0.2) is 0 Å². The SMILES string of the molecule is COc1ccc(/C=C/C2CCC2)cc1. The van der Waals surface area contributed by atoms with Crippen LogP contribution in [0.4, 0.5) is 0 Å². The highest BCUT2D eigenvalue weighted by molar-refractivity contribution is 5.50. The minimum absolute atomic E-state index is 0.831. The number of methoxy groups -OCH3 is 1. The third-order valence-corrected chi connectivity index (χ3v) is 2.83. The molecule has 0 unspecified atom stereocenters. The maximum Gasteiger partial charge on any atom is 0.118 e. The number of allylic oxidation sites excluding steroid dienone is 1. The van der Waals surface area contributed by atoms with Crippen molar-refractivity contribution >= 4 is 6.08 Å². The van der Waals surface area contributed by atoms with E-state index in [2.05, 4.69) is 24.3 Å². The molecule has 0 N–H and O–H groups in total. The van der Waals surface area contributed by atoms with Crippen molar-refractivity contribution in [2.45, 2.75) is 19.3 Å². The predicted molar refractivity (Wildman–Crippen MR) is 59.4 cm³/mol. The lowest BCUT2D eigenvalue weighted by Gasteiger charge is -2.21. The average Bonchev–Trinajstić information content (AvgIpc) is 2.16. The molecule has 0 spiro atoms. The zero-order valence-corrected chi connectivity index (χ0v) is 8.57. The quantitative estimate of drug-likeness (QED) is 0.705. The van der Waals surface area contributed by atoms with Gasteiger partial charge in [-0.05, 0) is 36.5 Å². The molecule has 0 atom stereocenters. The third-order valence-electron chi connectivity index (χ3n) is 2.83. The lowest BCUT2D eigenvalue weighted by atomic mass is 9.85. The molecule has 2 rings (SSSR count). The Balaban J connectivity index is 1.98. The Labute approximate surface area is 85.4 Å². The van der Waals surface area contributed by atoms with Gasteiger partial charge in [0.2, 0.25) is 0 Å². The van der Waals surface area contributed by atoms with Crippen molar-refractivity contribution in [3.8, 4) is 5.75 Å². The van der Waals surface area contributed by atoms with Crippen LogP contribution in [0.5, 0.6) is 5.75 Å². The maximum atomic E-state index is 5.10. The highest BCUT2D eigenvalue weighted by Gasteiger charge is 2.12. The minimum Gasteiger partial charge on any atom is -0.497 e. The molecule has 1 aliphatic carbocycles. The van der Waals surface area contributed by atoms with Crippen molar-refractivity contribution in [2.75, 3.05) is 7.11 Å². The lowest BCUT2D eigenvalue weighted by Crippen LogP contribution is -2.06. The molecular weight excluding hydrogens is 172 g/mol. The van der Waals surface area contributed by atoms with E-state index in [1.54, 1.807) is 7.11 Å². The van der Waals surface area contributed by atoms with Gasteiger partial charge < -0.3 is 4.74 Å². The highest BCUT2D eigenvalue weighted by atomic mass is 16.5. The summed E-state index contributed by atoms with van der Waals surface area (Å²) in [4.78, 5) is 0. The Morgan fingerprint density at radius 3 is 2.43 bits per heavy atom. The Morgan fingerprint density at radius 2 is 1.93 bits per heavy atom. The summed E-state index contributed by atoms with van der Waals surface area (Å²) in [6, 6.07) is 8.18. The molecule has 1 nitrogen and oxygen atoms in total. The van der Waals surface area contributed by atoms with E-state index in [0.29, 0.717) is 0 Å². The summed E-state index contributed by atoms with van der Waals surface area (Å²) >= 11 is 0. The second kappa shape index (κ2) is 4.32. The number of ether oxygens (including phenoxy) is 1. The number of hydrogen-bond acceptors (Lipinski definition) is 1. The first-order chi connectivity index (χ1) is 6.88. The molecule has 1 heteroatoms. The summed E-state index contributed by atoms with van der Waals surface area (Å²) < 4.78 is 5.10. The smallest absolute Gasteiger partial charge is 0.118 e. The predicted octanol–water partition coefficient (Wildman–Crippen LogP) is 3.51. The van der Waals surface area contributed by atoms with Crippen molar-refractivity contribution in [1.82, 2.24) is 0 Å². The van der Waals surface area contributed by atoms with Crippen LogP contribution in [0.2, 0.25) is 0 Å². The molecule has 1 fully saturated rings. The van der Waals surface area contributed by atoms with Crippen LogP contribution < -0.4 is 4.74 Å². The average molecular weight is 188 g/mol. The maximum absolute atomic E-state index is 5.10. The molecule has 0 amide bonds. The standard InChI is InChI=1S/C13H16O/c1-14-13-9-7-12(8-10-13)6-5-11-3-2-4-11/h5-11H,2-4H2,1H3/b6-5+. The Bertz CT molecular complexity index is 307. The van der Waals surface area contributed by atoms with Crippen molar-refractivity contribution in [1.29, 1.82) is 0 Å². The minimum atomic E-state index is 0.831. The zero-order valence-electron chi connectivity index (χ0n) is 8.57. The van der Waals surface area contributed by atoms with Gasteiger partial charge in [0, 0.05) is 0 Å². The summed E-state index contributed by atoms with van der Waals surface area (Å²) in [7, 11) is 1.69.